The molecule has 2 nitrogen and oxygen atoms in total. The van der Waals surface area contributed by atoms with E-state index in [-0.39, 0.29) is 6.10 Å². The second-order valence-electron chi connectivity index (χ2n) is 4.71. The second kappa shape index (κ2) is 7.07. The van der Waals surface area contributed by atoms with Gasteiger partial charge < -0.3 is 9.47 Å². The van der Waals surface area contributed by atoms with Crippen LogP contribution in [0.2, 0.25) is 0 Å². The lowest BCUT2D eigenvalue weighted by Gasteiger charge is -2.32. The van der Waals surface area contributed by atoms with Gasteiger partial charge in [-0.15, -0.1) is 0 Å². The molecule has 0 aliphatic heterocycles. The van der Waals surface area contributed by atoms with Crippen molar-refractivity contribution in [2.24, 2.45) is 5.92 Å². The molecule has 0 aromatic rings. The van der Waals surface area contributed by atoms with Crippen molar-refractivity contribution in [3.8, 4) is 0 Å². The van der Waals surface area contributed by atoms with Crippen LogP contribution in [0.25, 0.3) is 0 Å². The number of rotatable bonds is 5. The Morgan fingerprint density at radius 3 is 2.47 bits per heavy atom. The first-order valence-electron chi connectivity index (χ1n) is 5.93. The third-order valence-corrected chi connectivity index (χ3v) is 4.47. The highest BCUT2D eigenvalue weighted by Crippen LogP contribution is 2.29. The first kappa shape index (κ1) is 13.7. The smallest absolute Gasteiger partial charge is 0.0835 e. The summed E-state index contributed by atoms with van der Waals surface area (Å²) in [7, 11) is 1.75. The summed E-state index contributed by atoms with van der Waals surface area (Å²) < 4.78 is 12.1. The number of halogens is 1. The fourth-order valence-corrected chi connectivity index (χ4v) is 2.95. The SMILES string of the molecule is COCC(OC1CCCCC1I)C(C)C. The van der Waals surface area contributed by atoms with E-state index in [0.29, 0.717) is 15.9 Å². The Kier molecular flexibility index (Phi) is 6.46. The zero-order chi connectivity index (χ0) is 11.3. The molecule has 3 atom stereocenters. The fourth-order valence-electron chi connectivity index (χ4n) is 1.98. The summed E-state index contributed by atoms with van der Waals surface area (Å²) in [6, 6.07) is 0. The van der Waals surface area contributed by atoms with Crippen LogP contribution in [0.15, 0.2) is 0 Å². The van der Waals surface area contributed by atoms with Crippen molar-refractivity contribution in [1.82, 2.24) is 0 Å². The van der Waals surface area contributed by atoms with Crippen molar-refractivity contribution in [3.05, 3.63) is 0 Å². The van der Waals surface area contributed by atoms with Gasteiger partial charge in [-0.3, -0.25) is 0 Å². The molecule has 0 heterocycles. The summed E-state index contributed by atoms with van der Waals surface area (Å²) in [5.41, 5.74) is 0. The van der Waals surface area contributed by atoms with Crippen LogP contribution in [0.5, 0.6) is 0 Å². The number of hydrogen-bond donors (Lipinski definition) is 0. The zero-order valence-electron chi connectivity index (χ0n) is 10.0. The van der Waals surface area contributed by atoms with Crippen molar-refractivity contribution >= 4 is 22.6 Å². The van der Waals surface area contributed by atoms with Gasteiger partial charge in [0.25, 0.3) is 0 Å². The molecular weight excluding hydrogens is 303 g/mol. The van der Waals surface area contributed by atoms with Gasteiger partial charge in [0, 0.05) is 11.0 Å². The second-order valence-corrected chi connectivity index (χ2v) is 6.31. The van der Waals surface area contributed by atoms with Crippen LogP contribution in [0.4, 0.5) is 0 Å². The van der Waals surface area contributed by atoms with Crippen LogP contribution in [-0.2, 0) is 9.47 Å². The van der Waals surface area contributed by atoms with E-state index in [2.05, 4.69) is 36.4 Å². The molecule has 1 aliphatic carbocycles. The van der Waals surface area contributed by atoms with Crippen LogP contribution >= 0.6 is 22.6 Å². The highest BCUT2D eigenvalue weighted by Gasteiger charge is 2.27. The molecule has 0 amide bonds. The fraction of sp³-hybridized carbons (Fsp3) is 1.00. The van der Waals surface area contributed by atoms with Crippen LogP contribution in [0, 0.1) is 5.92 Å². The number of alkyl halides is 1. The Bertz CT molecular complexity index is 171. The van der Waals surface area contributed by atoms with Crippen molar-refractivity contribution < 1.29 is 9.47 Å². The van der Waals surface area contributed by atoms with Crippen molar-refractivity contribution in [3.63, 3.8) is 0 Å². The van der Waals surface area contributed by atoms with Gasteiger partial charge >= 0.3 is 0 Å². The standard InChI is InChI=1S/C12H23IO2/c1-9(2)12(8-14-3)15-11-7-5-4-6-10(11)13/h9-12H,4-8H2,1-3H3. The lowest BCUT2D eigenvalue weighted by Crippen LogP contribution is -2.36. The third-order valence-electron chi connectivity index (χ3n) is 3.05. The predicted octanol–water partition coefficient (Wildman–Crippen LogP) is 3.42. The molecule has 0 saturated heterocycles. The minimum Gasteiger partial charge on any atom is -0.382 e. The summed E-state index contributed by atoms with van der Waals surface area (Å²) >= 11 is 2.54. The van der Waals surface area contributed by atoms with Gasteiger partial charge in [0.05, 0.1) is 18.8 Å². The van der Waals surface area contributed by atoms with E-state index in [1.807, 2.05) is 0 Å². The Morgan fingerprint density at radius 1 is 1.27 bits per heavy atom. The average molecular weight is 326 g/mol. The van der Waals surface area contributed by atoms with Crippen LogP contribution in [0.3, 0.4) is 0 Å². The summed E-state index contributed by atoms with van der Waals surface area (Å²) in [4.78, 5) is 0. The quantitative estimate of drug-likeness (QED) is 0.569. The first-order valence-corrected chi connectivity index (χ1v) is 7.18. The third kappa shape index (κ3) is 4.57. The Hall–Kier alpha value is 0.650. The van der Waals surface area contributed by atoms with Gasteiger partial charge in [0.1, 0.15) is 0 Å². The summed E-state index contributed by atoms with van der Waals surface area (Å²) in [6.45, 7) is 5.13. The maximum atomic E-state index is 6.17. The Morgan fingerprint density at radius 2 is 1.93 bits per heavy atom. The molecule has 3 heteroatoms. The molecule has 15 heavy (non-hydrogen) atoms. The van der Waals surface area contributed by atoms with E-state index in [4.69, 9.17) is 9.47 Å². The summed E-state index contributed by atoms with van der Waals surface area (Å²) in [5.74, 6) is 0.537. The van der Waals surface area contributed by atoms with Crippen molar-refractivity contribution in [2.75, 3.05) is 13.7 Å². The van der Waals surface area contributed by atoms with Crippen molar-refractivity contribution in [2.45, 2.75) is 55.7 Å². The summed E-state index contributed by atoms with van der Waals surface area (Å²) in [5, 5.41) is 0. The Labute approximate surface area is 107 Å². The minimum absolute atomic E-state index is 0.260. The molecule has 3 unspecified atom stereocenters. The van der Waals surface area contributed by atoms with Crippen LogP contribution < -0.4 is 0 Å². The predicted molar refractivity (Wildman–Crippen MR) is 71.7 cm³/mol. The molecule has 0 radical (unpaired) electrons. The molecule has 0 spiro atoms. The lowest BCUT2D eigenvalue weighted by atomic mass is 9.97. The largest absolute Gasteiger partial charge is 0.382 e. The highest BCUT2D eigenvalue weighted by molar-refractivity contribution is 14.1. The van der Waals surface area contributed by atoms with Gasteiger partial charge in [-0.2, -0.15) is 0 Å². The topological polar surface area (TPSA) is 18.5 Å². The minimum atomic E-state index is 0.260. The molecule has 1 aliphatic rings. The van der Waals surface area contributed by atoms with Crippen LogP contribution in [0.1, 0.15) is 39.5 Å². The maximum Gasteiger partial charge on any atom is 0.0835 e. The molecule has 1 saturated carbocycles. The molecular formula is C12H23IO2. The molecule has 1 rings (SSSR count). The monoisotopic (exact) mass is 326 g/mol. The van der Waals surface area contributed by atoms with E-state index in [9.17, 15) is 0 Å². The van der Waals surface area contributed by atoms with Crippen molar-refractivity contribution in [1.29, 1.82) is 0 Å². The van der Waals surface area contributed by atoms with E-state index in [0.717, 1.165) is 6.61 Å². The highest BCUT2D eigenvalue weighted by atomic mass is 127. The molecule has 0 aromatic carbocycles. The first-order chi connectivity index (χ1) is 7.15. The number of hydrogen-bond acceptors (Lipinski definition) is 2. The van der Waals surface area contributed by atoms with Gasteiger partial charge in [-0.05, 0) is 18.8 Å². The van der Waals surface area contributed by atoms with E-state index in [1.54, 1.807) is 7.11 Å². The molecule has 0 N–H and O–H groups in total. The van der Waals surface area contributed by atoms with Gasteiger partial charge in [0.2, 0.25) is 0 Å². The molecule has 90 valence electrons. The average Bonchev–Trinajstić information content (AvgIpc) is 2.20. The number of ether oxygens (including phenoxy) is 2. The summed E-state index contributed by atoms with van der Waals surface area (Å²) in [6.07, 6.45) is 5.92. The zero-order valence-corrected chi connectivity index (χ0v) is 12.2. The maximum absolute atomic E-state index is 6.17. The normalized spacial score (nSPS) is 29.4. The molecule has 0 bridgehead atoms. The van der Waals surface area contributed by atoms with E-state index < -0.39 is 0 Å². The van der Waals surface area contributed by atoms with Crippen LogP contribution in [-0.4, -0.2) is 29.8 Å². The molecule has 0 aromatic heterocycles. The lowest BCUT2D eigenvalue weighted by molar-refractivity contribution is -0.0761. The van der Waals surface area contributed by atoms with Gasteiger partial charge in [0.15, 0.2) is 0 Å². The molecule has 1 fully saturated rings. The van der Waals surface area contributed by atoms with Gasteiger partial charge in [-0.1, -0.05) is 49.3 Å². The number of methoxy groups -OCH3 is 1. The van der Waals surface area contributed by atoms with E-state index >= 15 is 0 Å². The Balaban J connectivity index is 2.41. The van der Waals surface area contributed by atoms with Gasteiger partial charge in [-0.25, -0.2) is 0 Å². The van der Waals surface area contributed by atoms with E-state index in [1.165, 1.54) is 25.7 Å².